The fourth-order valence-corrected chi connectivity index (χ4v) is 2.13. The Hall–Kier alpha value is -0.830. The molecule has 3 nitrogen and oxygen atoms in total. The summed E-state index contributed by atoms with van der Waals surface area (Å²) in [5.74, 6) is 1.52. The summed E-state index contributed by atoms with van der Waals surface area (Å²) in [6, 6.07) is 2.20. The normalized spacial score (nSPS) is 26.3. The molecule has 1 fully saturated rings. The van der Waals surface area contributed by atoms with Crippen LogP contribution in [0.2, 0.25) is 5.15 Å². The lowest BCUT2D eigenvalue weighted by molar-refractivity contribution is 0.360. The van der Waals surface area contributed by atoms with Gasteiger partial charge in [-0.15, -0.1) is 0 Å². The van der Waals surface area contributed by atoms with Crippen molar-refractivity contribution in [3.05, 3.63) is 17.4 Å². The first kappa shape index (κ1) is 10.7. The molecule has 0 bridgehead atoms. The third kappa shape index (κ3) is 3.06. The second-order valence-electron chi connectivity index (χ2n) is 4.30. The molecule has 0 radical (unpaired) electrons. The molecular formula is C11H16ClN3. The zero-order valence-corrected chi connectivity index (χ0v) is 9.67. The minimum absolute atomic E-state index is 0.497. The lowest BCUT2D eigenvalue weighted by Crippen LogP contribution is -2.26. The number of anilines is 1. The van der Waals surface area contributed by atoms with E-state index in [0.717, 1.165) is 5.92 Å². The highest BCUT2D eigenvalue weighted by Crippen LogP contribution is 2.25. The molecule has 15 heavy (non-hydrogen) atoms. The molecule has 0 aromatic carbocycles. The summed E-state index contributed by atoms with van der Waals surface area (Å²) in [5, 5.41) is 3.83. The van der Waals surface area contributed by atoms with E-state index in [1.807, 2.05) is 0 Å². The van der Waals surface area contributed by atoms with E-state index in [-0.39, 0.29) is 0 Å². The van der Waals surface area contributed by atoms with Crippen LogP contribution >= 0.6 is 11.6 Å². The van der Waals surface area contributed by atoms with Crippen molar-refractivity contribution in [2.24, 2.45) is 5.92 Å². The summed E-state index contributed by atoms with van der Waals surface area (Å²) in [7, 11) is 0. The Balaban J connectivity index is 1.92. The lowest BCUT2D eigenvalue weighted by Gasteiger charge is -2.26. The van der Waals surface area contributed by atoms with Crippen LogP contribution in [0, 0.1) is 5.92 Å². The summed E-state index contributed by atoms with van der Waals surface area (Å²) < 4.78 is 0. The van der Waals surface area contributed by atoms with Crippen molar-refractivity contribution < 1.29 is 0 Å². The number of nitrogens with one attached hydrogen (secondary N) is 1. The number of rotatable bonds is 2. The fraction of sp³-hybridized carbons (Fsp3) is 0.636. The van der Waals surface area contributed by atoms with Crippen LogP contribution in [0.1, 0.15) is 32.6 Å². The van der Waals surface area contributed by atoms with Crippen molar-refractivity contribution >= 4 is 17.5 Å². The average Bonchev–Trinajstić information content (AvgIpc) is 2.22. The van der Waals surface area contributed by atoms with Crippen molar-refractivity contribution in [1.82, 2.24) is 9.97 Å². The first-order chi connectivity index (χ1) is 7.24. The van der Waals surface area contributed by atoms with Gasteiger partial charge in [-0.25, -0.2) is 9.97 Å². The predicted molar refractivity (Wildman–Crippen MR) is 62.1 cm³/mol. The van der Waals surface area contributed by atoms with E-state index in [0.29, 0.717) is 17.1 Å². The van der Waals surface area contributed by atoms with E-state index in [9.17, 15) is 0 Å². The number of hydrogen-bond donors (Lipinski definition) is 1. The van der Waals surface area contributed by atoms with Crippen LogP contribution in [0.15, 0.2) is 12.3 Å². The van der Waals surface area contributed by atoms with E-state index >= 15 is 0 Å². The second kappa shape index (κ2) is 4.79. The predicted octanol–water partition coefficient (Wildman–Crippen LogP) is 3.12. The maximum absolute atomic E-state index is 5.79. The van der Waals surface area contributed by atoms with Gasteiger partial charge in [-0.05, 0) is 37.7 Å². The SMILES string of the molecule is CC1CCC(Nc2nccc(Cl)n2)CC1. The standard InChI is InChI=1S/C11H16ClN3/c1-8-2-4-9(5-3-8)14-11-13-7-6-10(12)15-11/h6-9H,2-5H2,1H3,(H,13,14,15). The van der Waals surface area contributed by atoms with Gasteiger partial charge < -0.3 is 5.32 Å². The summed E-state index contributed by atoms with van der Waals surface area (Å²) in [6.45, 7) is 2.31. The smallest absolute Gasteiger partial charge is 0.224 e. The monoisotopic (exact) mass is 225 g/mol. The molecule has 1 N–H and O–H groups in total. The molecule has 0 amide bonds. The van der Waals surface area contributed by atoms with Crippen molar-refractivity contribution in [3.8, 4) is 0 Å². The number of nitrogens with zero attached hydrogens (tertiary/aromatic N) is 2. The molecule has 0 unspecified atom stereocenters. The number of halogens is 1. The van der Waals surface area contributed by atoms with Crippen LogP contribution in [0.4, 0.5) is 5.95 Å². The molecule has 0 atom stereocenters. The van der Waals surface area contributed by atoms with E-state index in [1.165, 1.54) is 25.7 Å². The van der Waals surface area contributed by atoms with Gasteiger partial charge in [0.1, 0.15) is 5.15 Å². The molecule has 1 aliphatic carbocycles. The van der Waals surface area contributed by atoms with Crippen LogP contribution in [0.3, 0.4) is 0 Å². The largest absolute Gasteiger partial charge is 0.351 e. The highest BCUT2D eigenvalue weighted by molar-refractivity contribution is 6.29. The summed E-state index contributed by atoms with van der Waals surface area (Å²) in [6.07, 6.45) is 6.67. The molecule has 0 spiro atoms. The Kier molecular flexibility index (Phi) is 3.41. The first-order valence-corrected chi connectivity index (χ1v) is 5.87. The molecule has 1 heterocycles. The van der Waals surface area contributed by atoms with Crippen molar-refractivity contribution in [1.29, 1.82) is 0 Å². The summed E-state index contributed by atoms with van der Waals surface area (Å²) in [4.78, 5) is 8.28. The Morgan fingerprint density at radius 1 is 1.33 bits per heavy atom. The van der Waals surface area contributed by atoms with Crippen LogP contribution < -0.4 is 5.32 Å². The van der Waals surface area contributed by atoms with Gasteiger partial charge in [-0.1, -0.05) is 18.5 Å². The van der Waals surface area contributed by atoms with Gasteiger partial charge in [0.2, 0.25) is 5.95 Å². The molecule has 2 rings (SSSR count). The van der Waals surface area contributed by atoms with E-state index in [4.69, 9.17) is 11.6 Å². The molecule has 0 aliphatic heterocycles. The van der Waals surface area contributed by atoms with Crippen LogP contribution in [-0.4, -0.2) is 16.0 Å². The van der Waals surface area contributed by atoms with Crippen molar-refractivity contribution in [3.63, 3.8) is 0 Å². The molecule has 82 valence electrons. The van der Waals surface area contributed by atoms with Crippen molar-refractivity contribution in [2.45, 2.75) is 38.6 Å². The maximum Gasteiger partial charge on any atom is 0.224 e. The third-order valence-corrected chi connectivity index (χ3v) is 3.18. The fourth-order valence-electron chi connectivity index (χ4n) is 1.99. The molecule has 1 aromatic heterocycles. The Bertz CT molecular complexity index is 321. The first-order valence-electron chi connectivity index (χ1n) is 5.49. The zero-order chi connectivity index (χ0) is 10.7. The Morgan fingerprint density at radius 2 is 2.07 bits per heavy atom. The Morgan fingerprint density at radius 3 is 2.73 bits per heavy atom. The summed E-state index contributed by atoms with van der Waals surface area (Å²) >= 11 is 5.79. The molecule has 4 heteroatoms. The van der Waals surface area contributed by atoms with Crippen LogP contribution in [-0.2, 0) is 0 Å². The maximum atomic E-state index is 5.79. The Labute approximate surface area is 95.3 Å². The third-order valence-electron chi connectivity index (χ3n) is 2.97. The highest BCUT2D eigenvalue weighted by Gasteiger charge is 2.18. The number of hydrogen-bond acceptors (Lipinski definition) is 3. The summed E-state index contributed by atoms with van der Waals surface area (Å²) in [5.41, 5.74) is 0. The van der Waals surface area contributed by atoms with E-state index < -0.39 is 0 Å². The molecule has 1 saturated carbocycles. The van der Waals surface area contributed by atoms with Gasteiger partial charge in [0.25, 0.3) is 0 Å². The molecule has 1 aliphatic rings. The van der Waals surface area contributed by atoms with Gasteiger partial charge in [0.05, 0.1) is 0 Å². The minimum Gasteiger partial charge on any atom is -0.351 e. The average molecular weight is 226 g/mol. The molecule has 1 aromatic rings. The topological polar surface area (TPSA) is 37.8 Å². The quantitative estimate of drug-likeness (QED) is 0.786. The highest BCUT2D eigenvalue weighted by atomic mass is 35.5. The van der Waals surface area contributed by atoms with Gasteiger partial charge in [0, 0.05) is 12.2 Å². The minimum atomic E-state index is 0.497. The van der Waals surface area contributed by atoms with Crippen molar-refractivity contribution in [2.75, 3.05) is 5.32 Å². The van der Waals surface area contributed by atoms with E-state index in [1.54, 1.807) is 12.3 Å². The second-order valence-corrected chi connectivity index (χ2v) is 4.69. The van der Waals surface area contributed by atoms with Crippen LogP contribution in [0.5, 0.6) is 0 Å². The van der Waals surface area contributed by atoms with E-state index in [2.05, 4.69) is 22.2 Å². The van der Waals surface area contributed by atoms with Gasteiger partial charge >= 0.3 is 0 Å². The lowest BCUT2D eigenvalue weighted by atomic mass is 9.87. The number of aromatic nitrogens is 2. The zero-order valence-electron chi connectivity index (χ0n) is 8.91. The molecule has 0 saturated heterocycles. The van der Waals surface area contributed by atoms with Gasteiger partial charge in [-0.3, -0.25) is 0 Å². The van der Waals surface area contributed by atoms with Crippen LogP contribution in [0.25, 0.3) is 0 Å². The van der Waals surface area contributed by atoms with Gasteiger partial charge in [-0.2, -0.15) is 0 Å². The van der Waals surface area contributed by atoms with Gasteiger partial charge in [0.15, 0.2) is 0 Å². The molecular weight excluding hydrogens is 210 g/mol.